The van der Waals surface area contributed by atoms with Crippen molar-refractivity contribution in [1.29, 1.82) is 0 Å². The largest absolute Gasteiger partial charge is 0.226 e. The SMILES string of the molecule is [2H]c1c([2H])c([2H])c(-c2nc(Cl)nc(-c3ccc(-c4ccccc4)c4ccccc34)n2)c(-c2ccccc2)c1[2H]. The van der Waals surface area contributed by atoms with Crippen LogP contribution in [0.2, 0.25) is 5.28 Å². The molecule has 0 aliphatic heterocycles. The number of hydrogen-bond donors (Lipinski definition) is 0. The van der Waals surface area contributed by atoms with E-state index < -0.39 is 0 Å². The first kappa shape index (κ1) is 17.1. The molecule has 1 aromatic heterocycles. The van der Waals surface area contributed by atoms with Crippen molar-refractivity contribution >= 4 is 22.4 Å². The van der Waals surface area contributed by atoms with Gasteiger partial charge in [-0.05, 0) is 50.7 Å². The van der Waals surface area contributed by atoms with E-state index in [0.717, 1.165) is 27.5 Å². The van der Waals surface area contributed by atoms with E-state index in [9.17, 15) is 0 Å². The lowest BCUT2D eigenvalue weighted by Crippen LogP contribution is -1.99. The summed E-state index contributed by atoms with van der Waals surface area (Å²) in [7, 11) is 0. The number of fused-ring (bicyclic) bond motifs is 1. The second-order valence-corrected chi connectivity index (χ2v) is 8.28. The Labute approximate surface area is 214 Å². The Morgan fingerprint density at radius 1 is 0.486 bits per heavy atom. The minimum atomic E-state index is -0.370. The van der Waals surface area contributed by atoms with Crippen LogP contribution in [0.4, 0.5) is 0 Å². The van der Waals surface area contributed by atoms with Gasteiger partial charge in [0.15, 0.2) is 11.6 Å². The van der Waals surface area contributed by atoms with Crippen molar-refractivity contribution in [2.24, 2.45) is 0 Å². The van der Waals surface area contributed by atoms with Crippen LogP contribution in [0.15, 0.2) is 121 Å². The summed E-state index contributed by atoms with van der Waals surface area (Å²) >= 11 is 6.44. The Morgan fingerprint density at radius 3 is 1.63 bits per heavy atom. The average Bonchev–Trinajstić information content (AvgIpc) is 2.97. The molecule has 6 aromatic rings. The molecular weight excluding hydrogens is 450 g/mol. The molecule has 0 amide bonds. The second kappa shape index (κ2) is 9.13. The molecule has 0 N–H and O–H groups in total. The van der Waals surface area contributed by atoms with Gasteiger partial charge in [0.2, 0.25) is 5.28 Å². The zero-order valence-electron chi connectivity index (χ0n) is 22.5. The number of aromatic nitrogens is 3. The van der Waals surface area contributed by atoms with Crippen molar-refractivity contribution < 1.29 is 5.48 Å². The maximum absolute atomic E-state index is 8.73. The molecule has 3 nitrogen and oxygen atoms in total. The average molecular weight is 474 g/mol. The van der Waals surface area contributed by atoms with Crippen LogP contribution in [0.25, 0.3) is 55.8 Å². The Kier molecular flexibility index (Phi) is 4.47. The van der Waals surface area contributed by atoms with Crippen molar-refractivity contribution in [2.45, 2.75) is 0 Å². The van der Waals surface area contributed by atoms with Crippen LogP contribution in [-0.4, -0.2) is 15.0 Å². The van der Waals surface area contributed by atoms with Gasteiger partial charge in [-0.15, -0.1) is 0 Å². The van der Waals surface area contributed by atoms with Crippen molar-refractivity contribution in [3.63, 3.8) is 0 Å². The van der Waals surface area contributed by atoms with Gasteiger partial charge in [0, 0.05) is 11.1 Å². The molecule has 0 spiro atoms. The van der Waals surface area contributed by atoms with E-state index in [1.54, 1.807) is 12.1 Å². The van der Waals surface area contributed by atoms with Crippen LogP contribution >= 0.6 is 11.6 Å². The van der Waals surface area contributed by atoms with Crippen LogP contribution < -0.4 is 0 Å². The van der Waals surface area contributed by atoms with E-state index in [2.05, 4.69) is 22.1 Å². The molecule has 0 saturated heterocycles. The van der Waals surface area contributed by atoms with Crippen molar-refractivity contribution in [3.05, 3.63) is 127 Å². The lowest BCUT2D eigenvalue weighted by Gasteiger charge is -2.13. The quantitative estimate of drug-likeness (QED) is 0.258. The molecule has 0 radical (unpaired) electrons. The fraction of sp³-hybridized carbons (Fsp3) is 0. The Morgan fingerprint density at radius 2 is 0.971 bits per heavy atom. The maximum atomic E-state index is 8.73. The number of halogens is 1. The fourth-order valence-corrected chi connectivity index (χ4v) is 4.41. The fourth-order valence-electron chi connectivity index (χ4n) is 4.25. The molecule has 0 aliphatic rings. The van der Waals surface area contributed by atoms with Gasteiger partial charge in [-0.1, -0.05) is 115 Å². The van der Waals surface area contributed by atoms with E-state index in [1.165, 1.54) is 0 Å². The number of nitrogens with zero attached hydrogens (tertiary/aromatic N) is 3. The third kappa shape index (κ3) is 4.07. The van der Waals surface area contributed by atoms with Crippen LogP contribution in [0.1, 0.15) is 5.48 Å². The molecule has 6 rings (SSSR count). The topological polar surface area (TPSA) is 38.7 Å². The highest BCUT2D eigenvalue weighted by molar-refractivity contribution is 6.28. The zero-order valence-corrected chi connectivity index (χ0v) is 19.2. The minimum absolute atomic E-state index is 0.0716. The van der Waals surface area contributed by atoms with Crippen LogP contribution in [0, 0.1) is 0 Å². The molecule has 35 heavy (non-hydrogen) atoms. The minimum Gasteiger partial charge on any atom is -0.208 e. The van der Waals surface area contributed by atoms with Gasteiger partial charge in [-0.2, -0.15) is 9.97 Å². The molecule has 166 valence electrons. The zero-order chi connectivity index (χ0) is 27.1. The van der Waals surface area contributed by atoms with Crippen molar-refractivity contribution in [2.75, 3.05) is 0 Å². The summed E-state index contributed by atoms with van der Waals surface area (Å²) in [6.07, 6.45) is 0. The summed E-state index contributed by atoms with van der Waals surface area (Å²) in [4.78, 5) is 13.5. The number of hydrogen-bond acceptors (Lipinski definition) is 3. The van der Waals surface area contributed by atoms with Gasteiger partial charge in [0.05, 0.1) is 5.48 Å². The van der Waals surface area contributed by atoms with E-state index in [4.69, 9.17) is 22.1 Å². The van der Waals surface area contributed by atoms with Gasteiger partial charge < -0.3 is 0 Å². The summed E-state index contributed by atoms with van der Waals surface area (Å²) in [6.45, 7) is 0. The molecule has 5 aromatic carbocycles. The van der Waals surface area contributed by atoms with Gasteiger partial charge in [-0.3, -0.25) is 0 Å². The Bertz CT molecular complexity index is 1860. The Hall–Kier alpha value is -4.34. The first-order valence-electron chi connectivity index (χ1n) is 13.1. The van der Waals surface area contributed by atoms with Crippen LogP contribution in [0.3, 0.4) is 0 Å². The highest BCUT2D eigenvalue weighted by Crippen LogP contribution is 2.36. The highest BCUT2D eigenvalue weighted by atomic mass is 35.5. The maximum Gasteiger partial charge on any atom is 0.226 e. The van der Waals surface area contributed by atoms with Crippen LogP contribution in [0.5, 0.6) is 0 Å². The van der Waals surface area contributed by atoms with E-state index in [-0.39, 0.29) is 40.8 Å². The molecule has 1 heterocycles. The smallest absolute Gasteiger partial charge is 0.208 e. The van der Waals surface area contributed by atoms with E-state index in [1.807, 2.05) is 72.8 Å². The lowest BCUT2D eigenvalue weighted by atomic mass is 9.94. The third-order valence-electron chi connectivity index (χ3n) is 5.83. The standard InChI is InChI=1S/C31H20ClN3/c32-31-34-29(27-18-10-7-15-23(27)21-11-3-1-4-12-21)33-30(35-31)28-20-19-24(22-13-5-2-6-14-22)25-16-8-9-17-26(25)28/h1-20H/i7D,10D,15D,18D. The third-order valence-corrected chi connectivity index (χ3v) is 6.00. The molecule has 0 aliphatic carbocycles. The first-order chi connectivity index (χ1) is 18.9. The van der Waals surface area contributed by atoms with Crippen molar-refractivity contribution in [1.82, 2.24) is 15.0 Å². The summed E-state index contributed by atoms with van der Waals surface area (Å²) in [6, 6.07) is 30.0. The van der Waals surface area contributed by atoms with Gasteiger partial charge >= 0.3 is 0 Å². The summed E-state index contributed by atoms with van der Waals surface area (Å²) in [5.41, 5.74) is 3.98. The molecule has 0 bridgehead atoms. The highest BCUT2D eigenvalue weighted by Gasteiger charge is 2.16. The molecule has 4 heteroatoms. The molecule has 0 saturated carbocycles. The molecule has 0 fully saturated rings. The summed E-state index contributed by atoms with van der Waals surface area (Å²) in [5, 5.41) is 1.87. The Balaban J connectivity index is 1.61. The summed E-state index contributed by atoms with van der Waals surface area (Å²) < 4.78 is 34.0. The van der Waals surface area contributed by atoms with Crippen LogP contribution in [-0.2, 0) is 0 Å². The summed E-state index contributed by atoms with van der Waals surface area (Å²) in [5.74, 6) is 0.388. The predicted octanol–water partition coefficient (Wildman–Crippen LogP) is 8.35. The van der Waals surface area contributed by atoms with E-state index >= 15 is 0 Å². The number of benzene rings is 5. The molecule has 0 unspecified atom stereocenters. The normalized spacial score (nSPS) is 12.6. The first-order valence-corrected chi connectivity index (χ1v) is 11.5. The van der Waals surface area contributed by atoms with Gasteiger partial charge in [0.1, 0.15) is 0 Å². The lowest BCUT2D eigenvalue weighted by molar-refractivity contribution is 1.07. The molecule has 0 atom stereocenters. The predicted molar refractivity (Wildman–Crippen MR) is 144 cm³/mol. The van der Waals surface area contributed by atoms with Crippen molar-refractivity contribution in [3.8, 4) is 45.0 Å². The second-order valence-electron chi connectivity index (χ2n) is 7.94. The molecular formula is C31H20ClN3. The van der Waals surface area contributed by atoms with Gasteiger partial charge in [-0.25, -0.2) is 4.98 Å². The number of rotatable bonds is 4. The monoisotopic (exact) mass is 473 g/mol. The van der Waals surface area contributed by atoms with Gasteiger partial charge in [0.25, 0.3) is 0 Å². The van der Waals surface area contributed by atoms with E-state index in [0.29, 0.717) is 17.0 Å².